The second kappa shape index (κ2) is 6.44. The quantitative estimate of drug-likeness (QED) is 0.711. The van der Waals surface area contributed by atoms with Gasteiger partial charge in [-0.2, -0.15) is 5.26 Å². The van der Waals surface area contributed by atoms with Crippen molar-refractivity contribution in [3.8, 4) is 6.07 Å². The third-order valence-corrected chi connectivity index (χ3v) is 3.22. The van der Waals surface area contributed by atoms with E-state index in [0.29, 0.717) is 18.5 Å². The molecule has 0 saturated carbocycles. The number of benzene rings is 1. The molecule has 0 heterocycles. The fourth-order valence-electron chi connectivity index (χ4n) is 1.99. The van der Waals surface area contributed by atoms with E-state index in [4.69, 9.17) is 16.1 Å². The molecule has 19 heavy (non-hydrogen) atoms. The van der Waals surface area contributed by atoms with Gasteiger partial charge >= 0.3 is 0 Å². The van der Waals surface area contributed by atoms with E-state index in [9.17, 15) is 0 Å². The molecule has 0 aliphatic heterocycles. The summed E-state index contributed by atoms with van der Waals surface area (Å²) in [7, 11) is 0. The minimum absolute atomic E-state index is 0.0412. The molecule has 4 N–H and O–H groups in total. The Morgan fingerprint density at radius 1 is 1.42 bits per heavy atom. The van der Waals surface area contributed by atoms with Crippen molar-refractivity contribution in [1.29, 1.82) is 5.26 Å². The highest BCUT2D eigenvalue weighted by molar-refractivity contribution is 5.58. The van der Waals surface area contributed by atoms with E-state index >= 15 is 0 Å². The zero-order valence-corrected chi connectivity index (χ0v) is 11.9. The van der Waals surface area contributed by atoms with Crippen LogP contribution >= 0.6 is 0 Å². The normalized spacial score (nSPS) is 12.8. The molecular weight excluding hydrogens is 238 g/mol. The molecule has 0 fully saturated rings. The van der Waals surface area contributed by atoms with E-state index in [0.717, 1.165) is 11.3 Å². The zero-order chi connectivity index (χ0) is 14.5. The highest BCUT2D eigenvalue weighted by atomic mass is 16.3. The Bertz CT molecular complexity index is 457. The molecule has 104 valence electrons. The van der Waals surface area contributed by atoms with Crippen LogP contribution in [0.15, 0.2) is 18.2 Å². The molecule has 0 aliphatic carbocycles. The largest absolute Gasteiger partial charge is 0.398 e. The summed E-state index contributed by atoms with van der Waals surface area (Å²) in [5, 5.41) is 21.4. The smallest absolute Gasteiger partial charge is 0.0670 e. The molecule has 0 saturated heterocycles. The first kappa shape index (κ1) is 15.3. The number of nitriles is 1. The van der Waals surface area contributed by atoms with Crippen molar-refractivity contribution < 1.29 is 5.11 Å². The molecule has 0 bridgehead atoms. The molecule has 4 heteroatoms. The minimum Gasteiger partial charge on any atom is -0.398 e. The summed E-state index contributed by atoms with van der Waals surface area (Å²) >= 11 is 0. The van der Waals surface area contributed by atoms with Crippen molar-refractivity contribution in [2.45, 2.75) is 39.7 Å². The molecule has 0 amide bonds. The van der Waals surface area contributed by atoms with Crippen molar-refractivity contribution >= 4 is 11.4 Å². The summed E-state index contributed by atoms with van der Waals surface area (Å²) in [5.41, 5.74) is 8.29. The second-order valence-corrected chi connectivity index (χ2v) is 5.82. The molecular formula is C15H23N3O. The van der Waals surface area contributed by atoms with Crippen LogP contribution in [0.5, 0.6) is 0 Å². The number of rotatable bonds is 5. The Balaban J connectivity index is 2.91. The predicted octanol–water partition coefficient (Wildman–Crippen LogP) is 2.54. The van der Waals surface area contributed by atoms with E-state index in [1.54, 1.807) is 0 Å². The highest BCUT2D eigenvalue weighted by Crippen LogP contribution is 2.27. The van der Waals surface area contributed by atoms with Crippen LogP contribution in [0, 0.1) is 16.7 Å². The van der Waals surface area contributed by atoms with Crippen molar-refractivity contribution in [1.82, 2.24) is 0 Å². The summed E-state index contributed by atoms with van der Waals surface area (Å²) in [6.45, 7) is 6.55. The highest BCUT2D eigenvalue weighted by Gasteiger charge is 2.23. The average molecular weight is 261 g/mol. The van der Waals surface area contributed by atoms with Gasteiger partial charge < -0.3 is 16.2 Å². The van der Waals surface area contributed by atoms with E-state index < -0.39 is 0 Å². The van der Waals surface area contributed by atoms with Gasteiger partial charge in [0.2, 0.25) is 0 Å². The van der Waals surface area contributed by atoms with Gasteiger partial charge in [-0.25, -0.2) is 0 Å². The van der Waals surface area contributed by atoms with Crippen LogP contribution in [0.4, 0.5) is 11.4 Å². The summed E-state index contributed by atoms with van der Waals surface area (Å²) in [6, 6.07) is 7.91. The first-order chi connectivity index (χ1) is 8.88. The van der Waals surface area contributed by atoms with Crippen LogP contribution in [0.2, 0.25) is 0 Å². The lowest BCUT2D eigenvalue weighted by molar-refractivity contribution is 0.235. The lowest BCUT2D eigenvalue weighted by Crippen LogP contribution is -2.34. The van der Waals surface area contributed by atoms with Gasteiger partial charge in [-0.3, -0.25) is 0 Å². The van der Waals surface area contributed by atoms with E-state index in [1.807, 2.05) is 18.2 Å². The molecule has 0 aliphatic rings. The fraction of sp³-hybridized carbons (Fsp3) is 0.533. The van der Waals surface area contributed by atoms with E-state index in [2.05, 4.69) is 32.2 Å². The van der Waals surface area contributed by atoms with Gasteiger partial charge in [0.15, 0.2) is 0 Å². The summed E-state index contributed by atoms with van der Waals surface area (Å²) in [5.74, 6) is 0. The third-order valence-electron chi connectivity index (χ3n) is 3.22. The van der Waals surface area contributed by atoms with Gasteiger partial charge in [-0.05, 0) is 35.6 Å². The minimum atomic E-state index is 0.0412. The first-order valence-electron chi connectivity index (χ1n) is 6.51. The average Bonchev–Trinajstić information content (AvgIpc) is 2.32. The molecule has 1 unspecified atom stereocenters. The van der Waals surface area contributed by atoms with Crippen molar-refractivity contribution in [2.24, 2.45) is 5.41 Å². The first-order valence-corrected chi connectivity index (χ1v) is 6.51. The Morgan fingerprint density at radius 3 is 2.63 bits per heavy atom. The Labute approximate surface area is 115 Å². The molecule has 1 rings (SSSR count). The molecule has 1 aromatic carbocycles. The number of nitrogens with one attached hydrogen (secondary N) is 1. The summed E-state index contributed by atoms with van der Waals surface area (Å²) in [4.78, 5) is 0. The van der Waals surface area contributed by atoms with Gasteiger partial charge in [0.05, 0.1) is 12.5 Å². The molecule has 1 aromatic rings. The molecule has 4 nitrogen and oxygen atoms in total. The van der Waals surface area contributed by atoms with E-state index in [1.165, 1.54) is 0 Å². The number of nitrogens with zero attached hydrogens (tertiary/aromatic N) is 1. The molecule has 0 spiro atoms. The maximum Gasteiger partial charge on any atom is 0.0670 e. The number of aliphatic hydroxyl groups is 1. The van der Waals surface area contributed by atoms with Crippen molar-refractivity contribution in [3.63, 3.8) is 0 Å². The van der Waals surface area contributed by atoms with Crippen LogP contribution in [-0.2, 0) is 6.42 Å². The lowest BCUT2D eigenvalue weighted by atomic mass is 9.84. The number of nitrogens with two attached hydrogens (primary N) is 1. The summed E-state index contributed by atoms with van der Waals surface area (Å²) in [6.07, 6.45) is 0.989. The van der Waals surface area contributed by atoms with Gasteiger partial charge in [0, 0.05) is 24.0 Å². The van der Waals surface area contributed by atoms with E-state index in [-0.39, 0.29) is 18.1 Å². The van der Waals surface area contributed by atoms with Crippen LogP contribution in [0.25, 0.3) is 0 Å². The Kier molecular flexibility index (Phi) is 5.20. The fourth-order valence-corrected chi connectivity index (χ4v) is 1.99. The number of hydrogen-bond acceptors (Lipinski definition) is 4. The third kappa shape index (κ3) is 4.46. The number of aliphatic hydroxyl groups excluding tert-OH is 1. The monoisotopic (exact) mass is 261 g/mol. The Morgan fingerprint density at radius 2 is 2.11 bits per heavy atom. The SMILES string of the molecule is CC(C)(C)C(CCO)Nc1ccc(N)c(CC#N)c1. The molecule has 0 radical (unpaired) electrons. The number of nitrogen functional groups attached to an aromatic ring is 1. The van der Waals surface area contributed by atoms with Gasteiger partial charge in [0.25, 0.3) is 0 Å². The number of hydrogen-bond donors (Lipinski definition) is 3. The second-order valence-electron chi connectivity index (χ2n) is 5.82. The van der Waals surface area contributed by atoms with Gasteiger partial charge in [-0.1, -0.05) is 20.8 Å². The standard InChI is InChI=1S/C15H23N3O/c1-15(2,3)14(7-9-19)18-12-4-5-13(17)11(10-12)6-8-16/h4-5,10,14,18-19H,6-7,9,17H2,1-3H3. The van der Waals surface area contributed by atoms with Crippen LogP contribution in [-0.4, -0.2) is 17.8 Å². The maximum absolute atomic E-state index is 9.16. The Hall–Kier alpha value is -1.73. The van der Waals surface area contributed by atoms with Crippen LogP contribution in [0.1, 0.15) is 32.8 Å². The van der Waals surface area contributed by atoms with Gasteiger partial charge in [-0.15, -0.1) is 0 Å². The number of anilines is 2. The topological polar surface area (TPSA) is 82.1 Å². The predicted molar refractivity (Wildman–Crippen MR) is 78.7 cm³/mol. The van der Waals surface area contributed by atoms with Crippen molar-refractivity contribution in [3.05, 3.63) is 23.8 Å². The lowest BCUT2D eigenvalue weighted by Gasteiger charge is -2.32. The molecule has 1 atom stereocenters. The molecule has 0 aromatic heterocycles. The van der Waals surface area contributed by atoms with Gasteiger partial charge in [0.1, 0.15) is 0 Å². The zero-order valence-electron chi connectivity index (χ0n) is 11.9. The van der Waals surface area contributed by atoms with Crippen LogP contribution < -0.4 is 11.1 Å². The summed E-state index contributed by atoms with van der Waals surface area (Å²) < 4.78 is 0. The maximum atomic E-state index is 9.16. The van der Waals surface area contributed by atoms with Crippen LogP contribution in [0.3, 0.4) is 0 Å². The van der Waals surface area contributed by atoms with Crippen molar-refractivity contribution in [2.75, 3.05) is 17.7 Å².